The Labute approximate surface area is 98.0 Å². The highest BCUT2D eigenvalue weighted by Crippen LogP contribution is 2.21. The zero-order chi connectivity index (χ0) is 11.4. The molecule has 0 bridgehead atoms. The monoisotopic (exact) mass is 219 g/mol. The topological polar surface area (TPSA) is 21.3 Å². The standard InChI is InChI=1S/C14H21NO/c1-3-4-12-5-7-13(8-6-12)14-10-15-9-11(2)16-14/h5-8,11,14-15H,3-4,9-10H2,1-2H3. The lowest BCUT2D eigenvalue weighted by Crippen LogP contribution is -2.38. The SMILES string of the molecule is CCCc1ccc(C2CNCC(C)O2)cc1. The van der Waals surface area contributed by atoms with Gasteiger partial charge in [0.15, 0.2) is 0 Å². The summed E-state index contributed by atoms with van der Waals surface area (Å²) in [5, 5.41) is 3.40. The van der Waals surface area contributed by atoms with Gasteiger partial charge in [-0.05, 0) is 24.5 Å². The molecule has 1 aliphatic rings. The Bertz CT molecular complexity index is 320. The first-order valence-corrected chi connectivity index (χ1v) is 6.24. The third-order valence-electron chi connectivity index (χ3n) is 3.05. The summed E-state index contributed by atoms with van der Waals surface area (Å²) in [4.78, 5) is 0. The van der Waals surface area contributed by atoms with Crippen LogP contribution in [0.25, 0.3) is 0 Å². The lowest BCUT2D eigenvalue weighted by molar-refractivity contribution is -0.0287. The van der Waals surface area contributed by atoms with E-state index >= 15 is 0 Å². The number of hydrogen-bond donors (Lipinski definition) is 1. The summed E-state index contributed by atoms with van der Waals surface area (Å²) in [6.45, 7) is 6.22. The van der Waals surface area contributed by atoms with Gasteiger partial charge in [0.1, 0.15) is 0 Å². The Hall–Kier alpha value is -0.860. The number of nitrogens with one attached hydrogen (secondary N) is 1. The molecule has 0 aliphatic carbocycles. The molecule has 1 aromatic rings. The van der Waals surface area contributed by atoms with Crippen molar-refractivity contribution in [3.8, 4) is 0 Å². The Morgan fingerprint density at radius 2 is 2.00 bits per heavy atom. The second kappa shape index (κ2) is 5.46. The minimum Gasteiger partial charge on any atom is -0.368 e. The van der Waals surface area contributed by atoms with Crippen LogP contribution in [0.3, 0.4) is 0 Å². The van der Waals surface area contributed by atoms with Gasteiger partial charge >= 0.3 is 0 Å². The molecule has 88 valence electrons. The molecule has 0 spiro atoms. The molecule has 1 heterocycles. The average molecular weight is 219 g/mol. The molecular formula is C14H21NO. The number of morpholine rings is 1. The van der Waals surface area contributed by atoms with Gasteiger partial charge in [0, 0.05) is 13.1 Å². The van der Waals surface area contributed by atoms with Crippen molar-refractivity contribution in [1.29, 1.82) is 0 Å². The van der Waals surface area contributed by atoms with Crippen LogP contribution >= 0.6 is 0 Å². The summed E-state index contributed by atoms with van der Waals surface area (Å²) in [5.41, 5.74) is 2.71. The van der Waals surface area contributed by atoms with Crippen molar-refractivity contribution in [1.82, 2.24) is 5.32 Å². The molecule has 0 radical (unpaired) electrons. The van der Waals surface area contributed by atoms with Gasteiger partial charge in [0.2, 0.25) is 0 Å². The quantitative estimate of drug-likeness (QED) is 0.844. The van der Waals surface area contributed by atoms with E-state index in [1.807, 2.05) is 0 Å². The molecule has 1 N–H and O–H groups in total. The predicted molar refractivity (Wildman–Crippen MR) is 66.6 cm³/mol. The van der Waals surface area contributed by atoms with Crippen LogP contribution in [-0.2, 0) is 11.2 Å². The van der Waals surface area contributed by atoms with E-state index in [1.165, 1.54) is 24.0 Å². The molecule has 0 aromatic heterocycles. The van der Waals surface area contributed by atoms with Crippen LogP contribution in [0.2, 0.25) is 0 Å². The van der Waals surface area contributed by atoms with Crippen LogP contribution in [0.4, 0.5) is 0 Å². The third kappa shape index (κ3) is 2.83. The maximum absolute atomic E-state index is 5.91. The van der Waals surface area contributed by atoms with Crippen LogP contribution in [0, 0.1) is 0 Å². The Morgan fingerprint density at radius 1 is 1.25 bits per heavy atom. The van der Waals surface area contributed by atoms with Crippen molar-refractivity contribution < 1.29 is 4.74 Å². The zero-order valence-electron chi connectivity index (χ0n) is 10.2. The van der Waals surface area contributed by atoms with Crippen LogP contribution in [0.15, 0.2) is 24.3 Å². The van der Waals surface area contributed by atoms with Gasteiger partial charge in [-0.25, -0.2) is 0 Å². The van der Waals surface area contributed by atoms with Gasteiger partial charge in [0.25, 0.3) is 0 Å². The first-order chi connectivity index (χ1) is 7.79. The van der Waals surface area contributed by atoms with Crippen molar-refractivity contribution in [2.45, 2.75) is 38.9 Å². The molecule has 1 saturated heterocycles. The van der Waals surface area contributed by atoms with E-state index in [2.05, 4.69) is 43.4 Å². The van der Waals surface area contributed by atoms with Gasteiger partial charge in [0.05, 0.1) is 12.2 Å². The fourth-order valence-corrected chi connectivity index (χ4v) is 2.18. The predicted octanol–water partition coefficient (Wildman–Crippen LogP) is 2.69. The maximum Gasteiger partial charge on any atom is 0.0953 e. The third-order valence-corrected chi connectivity index (χ3v) is 3.05. The Morgan fingerprint density at radius 3 is 2.62 bits per heavy atom. The van der Waals surface area contributed by atoms with Crippen LogP contribution in [0.5, 0.6) is 0 Å². The largest absolute Gasteiger partial charge is 0.368 e. The molecule has 16 heavy (non-hydrogen) atoms. The Kier molecular flexibility index (Phi) is 3.97. The fourth-order valence-electron chi connectivity index (χ4n) is 2.18. The van der Waals surface area contributed by atoms with Crippen molar-refractivity contribution in [3.05, 3.63) is 35.4 Å². The summed E-state index contributed by atoms with van der Waals surface area (Å²) >= 11 is 0. The second-order valence-corrected chi connectivity index (χ2v) is 4.59. The Balaban J connectivity index is 2.03. The fraction of sp³-hybridized carbons (Fsp3) is 0.571. The van der Waals surface area contributed by atoms with Gasteiger partial charge in [-0.1, -0.05) is 37.6 Å². The van der Waals surface area contributed by atoms with E-state index in [9.17, 15) is 0 Å². The molecular weight excluding hydrogens is 198 g/mol. The van der Waals surface area contributed by atoms with Crippen LogP contribution < -0.4 is 5.32 Å². The second-order valence-electron chi connectivity index (χ2n) is 4.59. The van der Waals surface area contributed by atoms with Crippen LogP contribution in [0.1, 0.15) is 37.5 Å². The van der Waals surface area contributed by atoms with Gasteiger partial charge in [-0.3, -0.25) is 0 Å². The summed E-state index contributed by atoms with van der Waals surface area (Å²) in [6, 6.07) is 8.85. The highest BCUT2D eigenvalue weighted by atomic mass is 16.5. The number of ether oxygens (including phenoxy) is 1. The first-order valence-electron chi connectivity index (χ1n) is 6.24. The molecule has 2 atom stereocenters. The number of aryl methyl sites for hydroxylation is 1. The highest BCUT2D eigenvalue weighted by molar-refractivity contribution is 5.25. The summed E-state index contributed by atoms with van der Waals surface area (Å²) in [6.07, 6.45) is 2.91. The number of rotatable bonds is 3. The lowest BCUT2D eigenvalue weighted by Gasteiger charge is -2.29. The molecule has 1 aromatic carbocycles. The average Bonchev–Trinajstić information content (AvgIpc) is 2.30. The van der Waals surface area contributed by atoms with E-state index in [0.29, 0.717) is 6.10 Å². The van der Waals surface area contributed by atoms with E-state index < -0.39 is 0 Å². The number of benzene rings is 1. The molecule has 0 amide bonds. The summed E-state index contributed by atoms with van der Waals surface area (Å²) in [7, 11) is 0. The van der Waals surface area contributed by atoms with Gasteiger partial charge < -0.3 is 10.1 Å². The van der Waals surface area contributed by atoms with Crippen molar-refractivity contribution in [2.24, 2.45) is 0 Å². The van der Waals surface area contributed by atoms with E-state index in [1.54, 1.807) is 0 Å². The highest BCUT2D eigenvalue weighted by Gasteiger charge is 2.19. The molecule has 2 unspecified atom stereocenters. The smallest absolute Gasteiger partial charge is 0.0953 e. The maximum atomic E-state index is 5.91. The minimum absolute atomic E-state index is 0.222. The lowest BCUT2D eigenvalue weighted by atomic mass is 10.0. The minimum atomic E-state index is 0.222. The summed E-state index contributed by atoms with van der Waals surface area (Å²) < 4.78 is 5.91. The molecule has 2 nitrogen and oxygen atoms in total. The molecule has 2 heteroatoms. The van der Waals surface area contributed by atoms with E-state index in [4.69, 9.17) is 4.74 Å². The first kappa shape index (κ1) is 11.6. The molecule has 1 fully saturated rings. The number of hydrogen-bond acceptors (Lipinski definition) is 2. The molecule has 0 saturated carbocycles. The zero-order valence-corrected chi connectivity index (χ0v) is 10.2. The van der Waals surface area contributed by atoms with Crippen molar-refractivity contribution in [2.75, 3.05) is 13.1 Å². The normalized spacial score (nSPS) is 25.6. The van der Waals surface area contributed by atoms with E-state index in [0.717, 1.165) is 13.1 Å². The van der Waals surface area contributed by atoms with Crippen molar-refractivity contribution in [3.63, 3.8) is 0 Å². The van der Waals surface area contributed by atoms with Gasteiger partial charge in [-0.2, -0.15) is 0 Å². The van der Waals surface area contributed by atoms with Gasteiger partial charge in [-0.15, -0.1) is 0 Å². The molecule has 1 aliphatic heterocycles. The van der Waals surface area contributed by atoms with E-state index in [-0.39, 0.29) is 6.10 Å². The van der Waals surface area contributed by atoms with Crippen molar-refractivity contribution >= 4 is 0 Å². The summed E-state index contributed by atoms with van der Waals surface area (Å²) in [5.74, 6) is 0. The van der Waals surface area contributed by atoms with Crippen LogP contribution in [-0.4, -0.2) is 19.2 Å². The molecule has 2 rings (SSSR count).